The van der Waals surface area contributed by atoms with Crippen LogP contribution < -0.4 is 9.46 Å². The number of sulfonamides is 1. The van der Waals surface area contributed by atoms with Crippen LogP contribution in [0.25, 0.3) is 0 Å². The van der Waals surface area contributed by atoms with Gasteiger partial charge < -0.3 is 4.74 Å². The molecule has 118 valence electrons. The molecule has 1 N–H and O–H groups in total. The Morgan fingerprint density at radius 2 is 2.00 bits per heavy atom. The monoisotopic (exact) mass is 311 g/mol. The van der Waals surface area contributed by atoms with Gasteiger partial charge in [-0.3, -0.25) is 0 Å². The first-order valence-corrected chi connectivity index (χ1v) is 9.18. The van der Waals surface area contributed by atoms with Gasteiger partial charge in [0, 0.05) is 6.04 Å². The third-order valence-corrected chi connectivity index (χ3v) is 5.66. The minimum absolute atomic E-state index is 0.0515. The third kappa shape index (κ3) is 3.98. The molecule has 1 aliphatic carbocycles. The third-order valence-electron chi connectivity index (χ3n) is 4.17. The summed E-state index contributed by atoms with van der Waals surface area (Å²) in [5, 5.41) is 0. The van der Waals surface area contributed by atoms with Gasteiger partial charge in [0.15, 0.2) is 0 Å². The lowest BCUT2D eigenvalue weighted by atomic mass is 9.87. The lowest BCUT2D eigenvalue weighted by molar-refractivity contribution is 0.310. The van der Waals surface area contributed by atoms with Crippen LogP contribution in [0.5, 0.6) is 5.75 Å². The number of nitrogens with one attached hydrogen (secondary N) is 1. The normalized spacial score (nSPS) is 23.0. The topological polar surface area (TPSA) is 55.4 Å². The summed E-state index contributed by atoms with van der Waals surface area (Å²) in [4.78, 5) is 0.321. The molecular formula is C16H25NO3S. The highest BCUT2D eigenvalue weighted by atomic mass is 32.2. The van der Waals surface area contributed by atoms with Crippen molar-refractivity contribution in [2.75, 3.05) is 6.61 Å². The van der Waals surface area contributed by atoms with Crippen molar-refractivity contribution in [1.82, 2.24) is 4.72 Å². The summed E-state index contributed by atoms with van der Waals surface area (Å²) in [6.07, 6.45) is 4.31. The molecule has 0 bridgehead atoms. The Hall–Kier alpha value is -1.07. The van der Waals surface area contributed by atoms with Crippen molar-refractivity contribution in [3.8, 4) is 5.75 Å². The molecule has 0 aromatic heterocycles. The minimum Gasteiger partial charge on any atom is -0.494 e. The van der Waals surface area contributed by atoms with Crippen LogP contribution in [0.3, 0.4) is 0 Å². The smallest absolute Gasteiger partial charge is 0.240 e. The van der Waals surface area contributed by atoms with Gasteiger partial charge in [0.25, 0.3) is 0 Å². The number of ether oxygens (including phenoxy) is 1. The van der Waals surface area contributed by atoms with Gasteiger partial charge in [-0.2, -0.15) is 0 Å². The van der Waals surface area contributed by atoms with Crippen molar-refractivity contribution in [2.45, 2.75) is 57.4 Å². The maximum atomic E-state index is 12.5. The van der Waals surface area contributed by atoms with E-state index in [1.54, 1.807) is 18.2 Å². The summed E-state index contributed by atoms with van der Waals surface area (Å²) in [5.74, 6) is 1.14. The van der Waals surface area contributed by atoms with Gasteiger partial charge in [-0.05, 0) is 56.4 Å². The molecule has 0 heterocycles. The lowest BCUT2D eigenvalue weighted by Crippen LogP contribution is -2.40. The van der Waals surface area contributed by atoms with E-state index in [-0.39, 0.29) is 6.04 Å². The molecule has 0 spiro atoms. The molecule has 0 aliphatic heterocycles. The molecule has 2 atom stereocenters. The van der Waals surface area contributed by atoms with Crippen LogP contribution in [0.4, 0.5) is 0 Å². The second-order valence-electron chi connectivity index (χ2n) is 5.85. The van der Waals surface area contributed by atoms with Crippen LogP contribution in [0.1, 0.15) is 45.1 Å². The first-order chi connectivity index (χ1) is 9.94. The minimum atomic E-state index is -3.45. The predicted octanol–water partition coefficient (Wildman–Crippen LogP) is 3.25. The summed E-state index contributed by atoms with van der Waals surface area (Å²) in [5.41, 5.74) is 0.844. The molecule has 1 aliphatic rings. The van der Waals surface area contributed by atoms with Crippen molar-refractivity contribution >= 4 is 10.0 Å². The van der Waals surface area contributed by atoms with Crippen molar-refractivity contribution in [1.29, 1.82) is 0 Å². The van der Waals surface area contributed by atoms with Gasteiger partial charge in [-0.15, -0.1) is 0 Å². The summed E-state index contributed by atoms with van der Waals surface area (Å²) in [6.45, 7) is 6.48. The summed E-state index contributed by atoms with van der Waals surface area (Å²) in [7, 11) is -3.45. The van der Waals surface area contributed by atoms with Crippen molar-refractivity contribution in [2.24, 2.45) is 5.92 Å². The van der Waals surface area contributed by atoms with E-state index in [9.17, 15) is 8.42 Å². The van der Waals surface area contributed by atoms with E-state index in [1.807, 2.05) is 13.8 Å². The average molecular weight is 311 g/mol. The van der Waals surface area contributed by atoms with Crippen molar-refractivity contribution < 1.29 is 13.2 Å². The average Bonchev–Trinajstić information content (AvgIpc) is 2.43. The van der Waals surface area contributed by atoms with Crippen LogP contribution in [0.15, 0.2) is 23.1 Å². The maximum absolute atomic E-state index is 12.5. The largest absolute Gasteiger partial charge is 0.494 e. The molecule has 4 nitrogen and oxygen atoms in total. The number of hydrogen-bond acceptors (Lipinski definition) is 3. The standard InChI is InChI=1S/C16H25NO3S/c1-4-20-16-10-9-14(11-13(16)3)21(18,19)17-15-8-6-5-7-12(15)2/h9-12,15,17H,4-8H2,1-3H3/t12-,15-/m1/s1. The lowest BCUT2D eigenvalue weighted by Gasteiger charge is -2.29. The molecule has 21 heavy (non-hydrogen) atoms. The highest BCUT2D eigenvalue weighted by Gasteiger charge is 2.26. The molecular weight excluding hydrogens is 286 g/mol. The molecule has 2 rings (SSSR count). The van der Waals surface area contributed by atoms with Gasteiger partial charge in [0.05, 0.1) is 11.5 Å². The maximum Gasteiger partial charge on any atom is 0.240 e. The van der Waals surface area contributed by atoms with Gasteiger partial charge in [-0.1, -0.05) is 19.8 Å². The zero-order chi connectivity index (χ0) is 15.5. The van der Waals surface area contributed by atoms with Crippen LogP contribution in [-0.2, 0) is 10.0 Å². The van der Waals surface area contributed by atoms with E-state index in [0.29, 0.717) is 17.4 Å². The first kappa shape index (κ1) is 16.3. The fourth-order valence-electron chi connectivity index (χ4n) is 2.87. The molecule has 1 aromatic rings. The number of rotatable bonds is 5. The second-order valence-corrected chi connectivity index (χ2v) is 7.56. The Bertz CT molecular complexity index is 583. The molecule has 1 saturated carbocycles. The van der Waals surface area contributed by atoms with Gasteiger partial charge in [0.2, 0.25) is 10.0 Å². The zero-order valence-electron chi connectivity index (χ0n) is 13.1. The number of hydrogen-bond donors (Lipinski definition) is 1. The fourth-order valence-corrected chi connectivity index (χ4v) is 4.33. The number of benzene rings is 1. The van der Waals surface area contributed by atoms with E-state index in [2.05, 4.69) is 11.6 Å². The summed E-state index contributed by atoms with van der Waals surface area (Å²) >= 11 is 0. The van der Waals surface area contributed by atoms with Crippen LogP contribution in [0, 0.1) is 12.8 Å². The predicted molar refractivity (Wildman–Crippen MR) is 84.1 cm³/mol. The van der Waals surface area contributed by atoms with Gasteiger partial charge in [-0.25, -0.2) is 13.1 Å². The van der Waals surface area contributed by atoms with E-state index >= 15 is 0 Å². The van der Waals surface area contributed by atoms with Crippen LogP contribution in [-0.4, -0.2) is 21.1 Å². The molecule has 0 amide bonds. The SMILES string of the molecule is CCOc1ccc(S(=O)(=O)N[C@@H]2CCCC[C@H]2C)cc1C. The van der Waals surface area contributed by atoms with E-state index in [0.717, 1.165) is 30.6 Å². The van der Waals surface area contributed by atoms with E-state index in [4.69, 9.17) is 4.74 Å². The Morgan fingerprint density at radius 3 is 2.62 bits per heavy atom. The Morgan fingerprint density at radius 1 is 1.29 bits per heavy atom. The van der Waals surface area contributed by atoms with Gasteiger partial charge >= 0.3 is 0 Å². The Balaban J connectivity index is 2.17. The summed E-state index contributed by atoms with van der Waals surface area (Å²) < 4.78 is 33.4. The molecule has 0 radical (unpaired) electrons. The highest BCUT2D eigenvalue weighted by Crippen LogP contribution is 2.26. The first-order valence-electron chi connectivity index (χ1n) is 7.70. The number of aryl methyl sites for hydroxylation is 1. The Kier molecular flexibility index (Phi) is 5.27. The van der Waals surface area contributed by atoms with Crippen LogP contribution in [0.2, 0.25) is 0 Å². The van der Waals surface area contributed by atoms with Crippen molar-refractivity contribution in [3.63, 3.8) is 0 Å². The zero-order valence-corrected chi connectivity index (χ0v) is 13.9. The van der Waals surface area contributed by atoms with E-state index < -0.39 is 10.0 Å². The van der Waals surface area contributed by atoms with E-state index in [1.165, 1.54) is 6.42 Å². The fraction of sp³-hybridized carbons (Fsp3) is 0.625. The second kappa shape index (κ2) is 6.79. The molecule has 1 aromatic carbocycles. The molecule has 1 fully saturated rings. The Labute approximate surface area is 127 Å². The van der Waals surface area contributed by atoms with Crippen molar-refractivity contribution in [3.05, 3.63) is 23.8 Å². The highest BCUT2D eigenvalue weighted by molar-refractivity contribution is 7.89. The molecule has 0 saturated heterocycles. The van der Waals surface area contributed by atoms with Crippen LogP contribution >= 0.6 is 0 Å². The molecule has 5 heteroatoms. The quantitative estimate of drug-likeness (QED) is 0.908. The summed E-state index contributed by atoms with van der Waals surface area (Å²) in [6, 6.07) is 5.09. The molecule has 0 unspecified atom stereocenters. The van der Waals surface area contributed by atoms with Gasteiger partial charge in [0.1, 0.15) is 5.75 Å².